The molecule has 1 aromatic rings. The lowest BCUT2D eigenvalue weighted by molar-refractivity contribution is 0.147. The maximum Gasteiger partial charge on any atom is 0.138 e. The van der Waals surface area contributed by atoms with E-state index in [0.717, 1.165) is 36.8 Å². The van der Waals surface area contributed by atoms with Gasteiger partial charge in [-0.15, -0.1) is 0 Å². The van der Waals surface area contributed by atoms with Crippen LogP contribution >= 0.6 is 0 Å². The molecule has 1 atom stereocenters. The van der Waals surface area contributed by atoms with Crippen molar-refractivity contribution in [3.05, 3.63) is 17.0 Å². The minimum Gasteiger partial charge on any atom is -0.380 e. The largest absolute Gasteiger partial charge is 0.380 e. The van der Waals surface area contributed by atoms with Crippen LogP contribution in [0, 0.1) is 13.8 Å². The van der Waals surface area contributed by atoms with Gasteiger partial charge in [-0.1, -0.05) is 5.16 Å². The summed E-state index contributed by atoms with van der Waals surface area (Å²) in [4.78, 5) is 0. The lowest BCUT2D eigenvalue weighted by atomic mass is 10.1. The van der Waals surface area contributed by atoms with Crippen LogP contribution in [0.15, 0.2) is 4.52 Å². The van der Waals surface area contributed by atoms with Crippen LogP contribution in [0.5, 0.6) is 0 Å². The molecule has 0 aliphatic rings. The van der Waals surface area contributed by atoms with E-state index in [4.69, 9.17) is 9.26 Å². The Morgan fingerprint density at radius 1 is 1.47 bits per heavy atom. The summed E-state index contributed by atoms with van der Waals surface area (Å²) in [6.07, 6.45) is 0. The van der Waals surface area contributed by atoms with Crippen LogP contribution in [0.4, 0.5) is 0 Å². The molecule has 0 bridgehead atoms. The minimum atomic E-state index is 0.261. The molecule has 0 aliphatic carbocycles. The van der Waals surface area contributed by atoms with Gasteiger partial charge in [-0.2, -0.15) is 0 Å². The molecule has 0 radical (unpaired) electrons. The molecule has 1 aromatic heterocycles. The highest BCUT2D eigenvalue weighted by Gasteiger charge is 2.15. The normalized spacial score (nSPS) is 13.1. The number of rotatable bonds is 6. The summed E-state index contributed by atoms with van der Waals surface area (Å²) in [6, 6.07) is 0.261. The molecule has 0 spiro atoms. The van der Waals surface area contributed by atoms with Crippen molar-refractivity contribution in [1.29, 1.82) is 0 Å². The van der Waals surface area contributed by atoms with E-state index >= 15 is 0 Å². The molecule has 86 valence electrons. The highest BCUT2D eigenvalue weighted by Crippen LogP contribution is 2.20. The van der Waals surface area contributed by atoms with Crippen LogP contribution in [0.3, 0.4) is 0 Å². The average molecular weight is 212 g/mol. The molecule has 15 heavy (non-hydrogen) atoms. The van der Waals surface area contributed by atoms with E-state index in [1.54, 1.807) is 0 Å². The van der Waals surface area contributed by atoms with Gasteiger partial charge >= 0.3 is 0 Å². The number of aromatic nitrogens is 1. The first-order valence-electron chi connectivity index (χ1n) is 5.40. The molecule has 1 N–H and O–H groups in total. The van der Waals surface area contributed by atoms with Crippen molar-refractivity contribution >= 4 is 0 Å². The van der Waals surface area contributed by atoms with Crippen molar-refractivity contribution < 1.29 is 9.26 Å². The third-order valence-electron chi connectivity index (χ3n) is 2.42. The molecule has 0 aromatic carbocycles. The van der Waals surface area contributed by atoms with Crippen LogP contribution in [0.1, 0.15) is 36.9 Å². The van der Waals surface area contributed by atoms with Crippen molar-refractivity contribution in [3.63, 3.8) is 0 Å². The molecular formula is C11H20N2O2. The summed E-state index contributed by atoms with van der Waals surface area (Å²) in [6.45, 7) is 10.4. The van der Waals surface area contributed by atoms with Crippen LogP contribution in [-0.2, 0) is 4.74 Å². The van der Waals surface area contributed by atoms with Crippen molar-refractivity contribution in [2.45, 2.75) is 33.7 Å². The van der Waals surface area contributed by atoms with Crippen LogP contribution in [0.25, 0.3) is 0 Å². The topological polar surface area (TPSA) is 47.3 Å². The summed E-state index contributed by atoms with van der Waals surface area (Å²) in [5.41, 5.74) is 2.12. The van der Waals surface area contributed by atoms with Gasteiger partial charge in [0, 0.05) is 24.8 Å². The molecule has 0 saturated heterocycles. The molecule has 1 unspecified atom stereocenters. The smallest absolute Gasteiger partial charge is 0.138 e. The molecule has 0 fully saturated rings. The quantitative estimate of drug-likeness (QED) is 0.732. The number of nitrogens with one attached hydrogen (secondary N) is 1. The Morgan fingerprint density at radius 3 is 2.73 bits per heavy atom. The Morgan fingerprint density at radius 2 is 2.20 bits per heavy atom. The van der Waals surface area contributed by atoms with Gasteiger partial charge in [-0.3, -0.25) is 0 Å². The van der Waals surface area contributed by atoms with Crippen LogP contribution in [0.2, 0.25) is 0 Å². The van der Waals surface area contributed by atoms with E-state index in [1.165, 1.54) is 0 Å². The van der Waals surface area contributed by atoms with E-state index in [2.05, 4.69) is 17.4 Å². The molecule has 4 heteroatoms. The van der Waals surface area contributed by atoms with Crippen molar-refractivity contribution in [2.24, 2.45) is 0 Å². The third-order valence-corrected chi connectivity index (χ3v) is 2.42. The second-order valence-corrected chi connectivity index (χ2v) is 3.61. The highest BCUT2D eigenvalue weighted by molar-refractivity contribution is 5.24. The zero-order chi connectivity index (χ0) is 11.3. The standard InChI is InChI=1S/C11H20N2O2/c1-5-14-7-6-12-8(2)11-9(3)13-15-10(11)4/h8,12H,5-7H2,1-4H3. The SMILES string of the molecule is CCOCCNC(C)c1c(C)noc1C. The fraction of sp³-hybridized carbons (Fsp3) is 0.727. The Labute approximate surface area is 91.0 Å². The first kappa shape index (κ1) is 12.2. The molecule has 1 rings (SSSR count). The number of aryl methyl sites for hydroxylation is 2. The first-order valence-corrected chi connectivity index (χ1v) is 5.40. The fourth-order valence-corrected chi connectivity index (χ4v) is 1.70. The monoisotopic (exact) mass is 212 g/mol. The Hall–Kier alpha value is -0.870. The summed E-state index contributed by atoms with van der Waals surface area (Å²) >= 11 is 0. The maximum absolute atomic E-state index is 5.26. The summed E-state index contributed by atoms with van der Waals surface area (Å²) in [5, 5.41) is 7.31. The van der Waals surface area contributed by atoms with Crippen LogP contribution in [-0.4, -0.2) is 24.9 Å². The predicted molar refractivity (Wildman–Crippen MR) is 58.9 cm³/mol. The molecule has 4 nitrogen and oxygen atoms in total. The van der Waals surface area contributed by atoms with Gasteiger partial charge in [0.2, 0.25) is 0 Å². The Balaban J connectivity index is 2.43. The number of ether oxygens (including phenoxy) is 1. The average Bonchev–Trinajstić information content (AvgIpc) is 2.53. The second-order valence-electron chi connectivity index (χ2n) is 3.61. The fourth-order valence-electron chi connectivity index (χ4n) is 1.70. The van der Waals surface area contributed by atoms with Gasteiger partial charge in [-0.05, 0) is 27.7 Å². The van der Waals surface area contributed by atoms with Gasteiger partial charge in [-0.25, -0.2) is 0 Å². The van der Waals surface area contributed by atoms with Gasteiger partial charge in [0.05, 0.1) is 12.3 Å². The number of hydrogen-bond acceptors (Lipinski definition) is 4. The van der Waals surface area contributed by atoms with Gasteiger partial charge in [0.1, 0.15) is 5.76 Å². The third kappa shape index (κ3) is 3.32. The summed E-state index contributed by atoms with van der Waals surface area (Å²) in [5.74, 6) is 0.893. The summed E-state index contributed by atoms with van der Waals surface area (Å²) in [7, 11) is 0. The van der Waals surface area contributed by atoms with Crippen molar-refractivity contribution in [1.82, 2.24) is 10.5 Å². The molecule has 0 amide bonds. The Kier molecular flexibility index (Phi) is 4.78. The molecule has 0 saturated carbocycles. The van der Waals surface area contributed by atoms with E-state index in [0.29, 0.717) is 0 Å². The number of nitrogens with zero attached hydrogens (tertiary/aromatic N) is 1. The predicted octanol–water partition coefficient (Wildman–Crippen LogP) is 1.98. The van der Waals surface area contributed by atoms with E-state index in [9.17, 15) is 0 Å². The maximum atomic E-state index is 5.26. The summed E-state index contributed by atoms with van der Waals surface area (Å²) < 4.78 is 10.4. The zero-order valence-corrected chi connectivity index (χ0v) is 9.96. The second kappa shape index (κ2) is 5.88. The Bertz CT molecular complexity index is 277. The minimum absolute atomic E-state index is 0.261. The van der Waals surface area contributed by atoms with Crippen LogP contribution < -0.4 is 5.32 Å². The molecular weight excluding hydrogens is 192 g/mol. The lowest BCUT2D eigenvalue weighted by Gasteiger charge is -2.13. The lowest BCUT2D eigenvalue weighted by Crippen LogP contribution is -2.24. The van der Waals surface area contributed by atoms with Gasteiger partial charge in [0.25, 0.3) is 0 Å². The van der Waals surface area contributed by atoms with E-state index in [1.807, 2.05) is 20.8 Å². The van der Waals surface area contributed by atoms with Gasteiger partial charge < -0.3 is 14.6 Å². The highest BCUT2D eigenvalue weighted by atomic mass is 16.5. The number of hydrogen-bond donors (Lipinski definition) is 1. The first-order chi connectivity index (χ1) is 7.16. The van der Waals surface area contributed by atoms with Crippen molar-refractivity contribution in [2.75, 3.05) is 19.8 Å². The van der Waals surface area contributed by atoms with E-state index < -0.39 is 0 Å². The van der Waals surface area contributed by atoms with Crippen molar-refractivity contribution in [3.8, 4) is 0 Å². The van der Waals surface area contributed by atoms with E-state index in [-0.39, 0.29) is 6.04 Å². The molecule has 1 heterocycles. The van der Waals surface area contributed by atoms with Gasteiger partial charge in [0.15, 0.2) is 0 Å². The molecule has 0 aliphatic heterocycles. The zero-order valence-electron chi connectivity index (χ0n) is 9.96.